The van der Waals surface area contributed by atoms with Crippen LogP contribution < -0.4 is 5.32 Å². The van der Waals surface area contributed by atoms with Crippen LogP contribution in [0, 0.1) is 11.8 Å². The average molecular weight is 433 g/mol. The molecule has 0 aromatic carbocycles. The lowest BCUT2D eigenvalue weighted by atomic mass is 9.88. The van der Waals surface area contributed by atoms with Crippen molar-refractivity contribution in [3.05, 3.63) is 5.89 Å². The zero-order valence-electron chi connectivity index (χ0n) is 17.3. The number of thioether (sulfide) groups is 1. The fraction of sp³-hybridized carbons (Fsp3) is 0.789. The summed E-state index contributed by atoms with van der Waals surface area (Å²) in [6, 6.07) is -0.612. The number of ketones is 1. The van der Waals surface area contributed by atoms with Gasteiger partial charge in [0, 0.05) is 18.2 Å². The molecule has 9 heteroatoms. The normalized spacial score (nSPS) is 16.1. The van der Waals surface area contributed by atoms with Gasteiger partial charge in [-0.15, -0.1) is 22.6 Å². The van der Waals surface area contributed by atoms with Crippen molar-refractivity contribution >= 4 is 35.9 Å². The van der Waals surface area contributed by atoms with Crippen molar-refractivity contribution in [2.45, 2.75) is 63.6 Å². The topological polar surface area (TPSA) is 88.3 Å². The van der Waals surface area contributed by atoms with Gasteiger partial charge in [0.1, 0.15) is 0 Å². The Morgan fingerprint density at radius 1 is 1.21 bits per heavy atom. The van der Waals surface area contributed by atoms with E-state index in [1.165, 1.54) is 18.2 Å². The van der Waals surface area contributed by atoms with Gasteiger partial charge in [-0.2, -0.15) is 0 Å². The number of aromatic nitrogens is 2. The van der Waals surface area contributed by atoms with E-state index in [1.807, 2.05) is 27.9 Å². The maximum absolute atomic E-state index is 12.9. The van der Waals surface area contributed by atoms with Crippen molar-refractivity contribution in [2.24, 2.45) is 11.8 Å². The van der Waals surface area contributed by atoms with Crippen LogP contribution in [0.5, 0.6) is 0 Å². The summed E-state index contributed by atoms with van der Waals surface area (Å²) in [5.41, 5.74) is 0. The first kappa shape index (κ1) is 24.9. The Kier molecular flexibility index (Phi) is 11.1. The monoisotopic (exact) mass is 432 g/mol. The Hall–Kier alpha value is -1.12. The standard InChI is InChI=1S/C19H32N4O3S.ClH/c1-13(2)12-15(20-17(25)14-8-6-5-7-9-14)16(24)18-21-22-19(26-18)27-11-10-23(3)4;/h13-15H,5-12H2,1-4H3,(H,20,25);1H. The molecule has 0 radical (unpaired) electrons. The van der Waals surface area contributed by atoms with Crippen LogP contribution in [0.4, 0.5) is 0 Å². The molecule has 1 aromatic rings. The number of nitrogens with zero attached hydrogens (tertiary/aromatic N) is 3. The molecule has 1 aromatic heterocycles. The number of hydrogen-bond donors (Lipinski definition) is 1. The third-order valence-electron chi connectivity index (χ3n) is 4.70. The van der Waals surface area contributed by atoms with Crippen molar-refractivity contribution in [2.75, 3.05) is 26.4 Å². The fourth-order valence-electron chi connectivity index (χ4n) is 3.19. The maximum Gasteiger partial charge on any atom is 0.286 e. The van der Waals surface area contributed by atoms with Crippen LogP contribution in [0.15, 0.2) is 9.64 Å². The van der Waals surface area contributed by atoms with Crippen molar-refractivity contribution in [1.29, 1.82) is 0 Å². The summed E-state index contributed by atoms with van der Waals surface area (Å²) in [6.07, 6.45) is 5.72. The van der Waals surface area contributed by atoms with Gasteiger partial charge in [-0.25, -0.2) is 0 Å². The van der Waals surface area contributed by atoms with E-state index in [0.29, 0.717) is 11.6 Å². The minimum atomic E-state index is -0.612. The van der Waals surface area contributed by atoms with E-state index >= 15 is 0 Å². The predicted molar refractivity (Wildman–Crippen MR) is 113 cm³/mol. The van der Waals surface area contributed by atoms with Gasteiger partial charge >= 0.3 is 0 Å². The lowest BCUT2D eigenvalue weighted by Crippen LogP contribution is -2.45. The van der Waals surface area contributed by atoms with E-state index in [-0.39, 0.29) is 41.8 Å². The number of Topliss-reactive ketones (excluding diaryl/α,β-unsaturated/α-hetero) is 1. The third-order valence-corrected chi connectivity index (χ3v) is 5.50. The minimum Gasteiger partial charge on any atom is -0.408 e. The molecule has 1 N–H and O–H groups in total. The molecule has 160 valence electrons. The van der Waals surface area contributed by atoms with E-state index in [9.17, 15) is 9.59 Å². The Morgan fingerprint density at radius 2 is 1.89 bits per heavy atom. The first-order chi connectivity index (χ1) is 12.9. The highest BCUT2D eigenvalue weighted by atomic mass is 35.5. The molecular formula is C19H33ClN4O3S. The average Bonchev–Trinajstić information content (AvgIpc) is 3.09. The first-order valence-electron chi connectivity index (χ1n) is 9.82. The molecule has 1 saturated carbocycles. The number of nitrogens with one attached hydrogen (secondary N) is 1. The molecule has 1 aliphatic rings. The van der Waals surface area contributed by atoms with Crippen LogP contribution >= 0.6 is 24.2 Å². The highest BCUT2D eigenvalue weighted by Crippen LogP contribution is 2.24. The Bertz CT molecular complexity index is 618. The predicted octanol–water partition coefficient (Wildman–Crippen LogP) is 3.44. The van der Waals surface area contributed by atoms with Gasteiger partial charge in [-0.05, 0) is 39.3 Å². The van der Waals surface area contributed by atoms with Gasteiger partial charge in [-0.3, -0.25) is 9.59 Å². The van der Waals surface area contributed by atoms with Crippen molar-refractivity contribution in [3.63, 3.8) is 0 Å². The van der Waals surface area contributed by atoms with Crippen LogP contribution in [-0.2, 0) is 4.79 Å². The van der Waals surface area contributed by atoms with Gasteiger partial charge in [-0.1, -0.05) is 44.9 Å². The molecule has 1 aliphatic carbocycles. The van der Waals surface area contributed by atoms with E-state index in [0.717, 1.165) is 38.0 Å². The Morgan fingerprint density at radius 3 is 2.50 bits per heavy atom. The molecule has 7 nitrogen and oxygen atoms in total. The van der Waals surface area contributed by atoms with Gasteiger partial charge in [0.2, 0.25) is 11.7 Å². The number of carbonyl (C=O) groups is 2. The third kappa shape index (κ3) is 8.09. The fourth-order valence-corrected chi connectivity index (χ4v) is 4.06. The summed E-state index contributed by atoms with van der Waals surface area (Å²) >= 11 is 1.43. The molecule has 1 atom stereocenters. The van der Waals surface area contributed by atoms with Crippen molar-refractivity contribution < 1.29 is 14.0 Å². The van der Waals surface area contributed by atoms with Crippen molar-refractivity contribution in [1.82, 2.24) is 20.4 Å². The highest BCUT2D eigenvalue weighted by Gasteiger charge is 2.30. The minimum absolute atomic E-state index is 0. The summed E-state index contributed by atoms with van der Waals surface area (Å²) in [7, 11) is 3.99. The molecule has 1 fully saturated rings. The van der Waals surface area contributed by atoms with E-state index in [2.05, 4.69) is 20.4 Å². The molecule has 1 unspecified atom stereocenters. The number of carbonyl (C=O) groups excluding carboxylic acids is 2. The molecule has 0 saturated heterocycles. The van der Waals surface area contributed by atoms with Crippen LogP contribution in [0.3, 0.4) is 0 Å². The summed E-state index contributed by atoms with van der Waals surface area (Å²) in [6.45, 7) is 4.94. The number of amides is 1. The molecule has 0 aliphatic heterocycles. The van der Waals surface area contributed by atoms with Gasteiger partial charge < -0.3 is 14.6 Å². The summed E-state index contributed by atoms with van der Waals surface area (Å²) < 4.78 is 5.54. The second-order valence-corrected chi connectivity index (χ2v) is 8.96. The second kappa shape index (κ2) is 12.4. The first-order valence-corrected chi connectivity index (χ1v) is 10.8. The SMILES string of the molecule is CC(C)CC(NC(=O)C1CCCCC1)C(=O)c1nnc(SCCN(C)C)o1.Cl. The zero-order chi connectivity index (χ0) is 19.8. The summed E-state index contributed by atoms with van der Waals surface area (Å²) in [5, 5.41) is 11.2. The van der Waals surface area contributed by atoms with E-state index in [4.69, 9.17) is 4.42 Å². The number of halogens is 1. The molecular weight excluding hydrogens is 400 g/mol. The highest BCUT2D eigenvalue weighted by molar-refractivity contribution is 7.99. The van der Waals surface area contributed by atoms with Gasteiger partial charge in [0.05, 0.1) is 6.04 Å². The number of hydrogen-bond acceptors (Lipinski definition) is 7. The second-order valence-electron chi connectivity index (χ2n) is 7.91. The molecule has 1 amide bonds. The Balaban J connectivity index is 0.00000392. The van der Waals surface area contributed by atoms with Gasteiger partial charge in [0.25, 0.3) is 11.1 Å². The molecule has 0 bridgehead atoms. The van der Waals surface area contributed by atoms with Gasteiger partial charge in [0.15, 0.2) is 0 Å². The van der Waals surface area contributed by atoms with Crippen LogP contribution in [0.25, 0.3) is 0 Å². The Labute approximate surface area is 178 Å². The van der Waals surface area contributed by atoms with Crippen LogP contribution in [0.2, 0.25) is 0 Å². The van der Waals surface area contributed by atoms with Crippen LogP contribution in [-0.4, -0.2) is 59.2 Å². The number of rotatable bonds is 10. The lowest BCUT2D eigenvalue weighted by Gasteiger charge is -2.24. The zero-order valence-corrected chi connectivity index (χ0v) is 18.9. The van der Waals surface area contributed by atoms with Crippen molar-refractivity contribution in [3.8, 4) is 0 Å². The van der Waals surface area contributed by atoms with E-state index < -0.39 is 6.04 Å². The largest absolute Gasteiger partial charge is 0.408 e. The smallest absolute Gasteiger partial charge is 0.286 e. The van der Waals surface area contributed by atoms with Crippen LogP contribution in [0.1, 0.15) is 63.1 Å². The summed E-state index contributed by atoms with van der Waals surface area (Å²) in [4.78, 5) is 27.5. The maximum atomic E-state index is 12.9. The molecule has 0 spiro atoms. The van der Waals surface area contributed by atoms with E-state index in [1.54, 1.807) is 0 Å². The molecule has 1 heterocycles. The quantitative estimate of drug-likeness (QED) is 0.447. The lowest BCUT2D eigenvalue weighted by molar-refractivity contribution is -0.126. The molecule has 28 heavy (non-hydrogen) atoms. The molecule has 2 rings (SSSR count). The summed E-state index contributed by atoms with van der Waals surface area (Å²) in [5.74, 6) is 0.755.